The molecule has 108 valence electrons. The van der Waals surface area contributed by atoms with Gasteiger partial charge in [0.05, 0.1) is 0 Å². The molecule has 0 amide bonds. The first-order valence-electron chi connectivity index (χ1n) is 6.41. The molecule has 0 unspecified atom stereocenters. The molecule has 0 rings (SSSR count). The molecule has 0 aliphatic carbocycles. The van der Waals surface area contributed by atoms with Crippen LogP contribution in [0, 0.1) is 0 Å². The molecule has 0 radical (unpaired) electrons. The molecule has 17 heavy (non-hydrogen) atoms. The van der Waals surface area contributed by atoms with Gasteiger partial charge >= 0.3 is 0 Å². The Morgan fingerprint density at radius 2 is 1.24 bits per heavy atom. The van der Waals surface area contributed by atoms with Gasteiger partial charge < -0.3 is 5.11 Å². The molecule has 4 heteroatoms. The third-order valence-corrected chi connectivity index (χ3v) is 2.56. The average Bonchev–Trinajstić information content (AvgIpc) is 2.29. The van der Waals surface area contributed by atoms with Gasteiger partial charge in [-0.05, 0) is 40.7 Å². The van der Waals surface area contributed by atoms with E-state index in [4.69, 9.17) is 28.3 Å². The van der Waals surface area contributed by atoms with E-state index < -0.39 is 0 Å². The molecule has 0 aliphatic rings. The van der Waals surface area contributed by atoms with Gasteiger partial charge in [0.2, 0.25) is 0 Å². The molecule has 0 atom stereocenters. The fourth-order valence-corrected chi connectivity index (χ4v) is 1.33. The van der Waals surface area contributed by atoms with Crippen molar-refractivity contribution in [1.82, 2.24) is 4.90 Å². The Bertz CT molecular complexity index is 106. The smallest absolute Gasteiger partial charge is 0.0428 e. The van der Waals surface area contributed by atoms with Gasteiger partial charge in [-0.2, -0.15) is 0 Å². The maximum absolute atomic E-state index is 7.88. The fourth-order valence-electron chi connectivity index (χ4n) is 1.33. The zero-order valence-electron chi connectivity index (χ0n) is 12.3. The van der Waals surface area contributed by atoms with Crippen LogP contribution in [-0.4, -0.2) is 47.0 Å². The fraction of sp³-hybridized carbons (Fsp3) is 1.00. The highest BCUT2D eigenvalue weighted by atomic mass is 35.5. The lowest BCUT2D eigenvalue weighted by Gasteiger charge is -2.28. The second-order valence-electron chi connectivity index (χ2n) is 4.12. The number of aliphatic hydroxyl groups excluding tert-OH is 1. The summed E-state index contributed by atoms with van der Waals surface area (Å²) in [4.78, 5) is 2.46. The number of hydrogen-bond donors (Lipinski definition) is 1. The van der Waals surface area contributed by atoms with E-state index >= 15 is 0 Å². The van der Waals surface area contributed by atoms with Crippen molar-refractivity contribution >= 4 is 23.2 Å². The minimum Gasteiger partial charge on any atom is -0.396 e. The van der Waals surface area contributed by atoms with E-state index in [2.05, 4.69) is 39.5 Å². The summed E-state index contributed by atoms with van der Waals surface area (Å²) in [6, 6.07) is 1.38. The first-order valence-corrected chi connectivity index (χ1v) is 7.48. The third kappa shape index (κ3) is 22.2. The lowest BCUT2D eigenvalue weighted by Crippen LogP contribution is -2.36. The summed E-state index contributed by atoms with van der Waals surface area (Å²) >= 11 is 10.1. The Morgan fingerprint density at radius 1 is 0.941 bits per heavy atom. The van der Waals surface area contributed by atoms with E-state index in [1.165, 1.54) is 0 Å². The quantitative estimate of drug-likeness (QED) is 0.774. The van der Waals surface area contributed by atoms with Gasteiger partial charge in [0, 0.05) is 30.5 Å². The SMILES string of the molecule is CCCO.CCN(C(C)C)C(C)C.ClCCCl. The first-order chi connectivity index (χ1) is 7.92. The van der Waals surface area contributed by atoms with Gasteiger partial charge in [0.25, 0.3) is 0 Å². The van der Waals surface area contributed by atoms with Crippen LogP contribution in [0.2, 0.25) is 0 Å². The molecule has 0 spiro atoms. The molecule has 0 heterocycles. The Hall–Kier alpha value is 0.500. The average molecular weight is 288 g/mol. The predicted octanol–water partition coefficient (Wildman–Crippen LogP) is 3.98. The topological polar surface area (TPSA) is 23.5 Å². The summed E-state index contributed by atoms with van der Waals surface area (Å²) in [5.41, 5.74) is 0. The van der Waals surface area contributed by atoms with Crippen molar-refractivity contribution in [2.45, 2.75) is 60.0 Å². The van der Waals surface area contributed by atoms with Crippen LogP contribution in [0.5, 0.6) is 0 Å². The summed E-state index contributed by atoms with van der Waals surface area (Å²) in [5.74, 6) is 1.11. The minimum absolute atomic E-state index is 0.319. The Kier molecular flexibility index (Phi) is 25.1. The van der Waals surface area contributed by atoms with Crippen LogP contribution in [0.4, 0.5) is 0 Å². The van der Waals surface area contributed by atoms with Gasteiger partial charge in [-0.1, -0.05) is 13.8 Å². The molecule has 0 aromatic carbocycles. The van der Waals surface area contributed by atoms with Crippen molar-refractivity contribution in [3.63, 3.8) is 0 Å². The Balaban J connectivity index is -0.000000205. The highest BCUT2D eigenvalue weighted by Gasteiger charge is 2.08. The second kappa shape index (κ2) is 18.9. The number of nitrogens with zero attached hydrogens (tertiary/aromatic N) is 1. The monoisotopic (exact) mass is 287 g/mol. The van der Waals surface area contributed by atoms with Crippen LogP contribution in [0.15, 0.2) is 0 Å². The number of rotatable bonds is 5. The normalized spacial score (nSPS) is 9.88. The van der Waals surface area contributed by atoms with Gasteiger partial charge in [-0.25, -0.2) is 0 Å². The Labute approximate surface area is 118 Å². The van der Waals surface area contributed by atoms with Crippen molar-refractivity contribution in [2.24, 2.45) is 0 Å². The van der Waals surface area contributed by atoms with E-state index in [9.17, 15) is 0 Å². The van der Waals surface area contributed by atoms with Crippen LogP contribution in [0.1, 0.15) is 48.0 Å². The molecule has 0 bridgehead atoms. The van der Waals surface area contributed by atoms with E-state index in [-0.39, 0.29) is 0 Å². The molecular weight excluding hydrogens is 257 g/mol. The van der Waals surface area contributed by atoms with Gasteiger partial charge in [0.1, 0.15) is 0 Å². The number of aliphatic hydroxyl groups is 1. The van der Waals surface area contributed by atoms with Gasteiger partial charge in [-0.15, -0.1) is 23.2 Å². The van der Waals surface area contributed by atoms with Crippen LogP contribution < -0.4 is 0 Å². The number of halogens is 2. The molecular formula is C13H31Cl2NO. The van der Waals surface area contributed by atoms with E-state index in [0.29, 0.717) is 30.5 Å². The maximum Gasteiger partial charge on any atom is 0.0428 e. The maximum atomic E-state index is 7.88. The highest BCUT2D eigenvalue weighted by molar-refractivity contribution is 6.25. The molecule has 0 aromatic rings. The molecule has 0 fully saturated rings. The van der Waals surface area contributed by atoms with Gasteiger partial charge in [-0.3, -0.25) is 4.90 Å². The lowest BCUT2D eigenvalue weighted by atomic mass is 10.2. The van der Waals surface area contributed by atoms with Crippen LogP contribution >= 0.6 is 23.2 Å². The largest absolute Gasteiger partial charge is 0.396 e. The molecule has 0 saturated carbocycles. The predicted molar refractivity (Wildman–Crippen MR) is 81.5 cm³/mol. The first kappa shape index (κ1) is 22.7. The highest BCUT2D eigenvalue weighted by Crippen LogP contribution is 2.02. The van der Waals surface area contributed by atoms with E-state index in [1.807, 2.05) is 6.92 Å². The molecule has 0 saturated heterocycles. The number of alkyl halides is 2. The Morgan fingerprint density at radius 3 is 1.24 bits per heavy atom. The van der Waals surface area contributed by atoms with Crippen molar-refractivity contribution in [1.29, 1.82) is 0 Å². The molecule has 0 aromatic heterocycles. The van der Waals surface area contributed by atoms with Crippen LogP contribution in [0.3, 0.4) is 0 Å². The van der Waals surface area contributed by atoms with Crippen molar-refractivity contribution in [3.8, 4) is 0 Å². The third-order valence-electron chi connectivity index (χ3n) is 1.99. The standard InChI is InChI=1S/C8H19N.C3H8O.C2H4Cl2/c1-6-9(7(2)3)8(4)5;1-2-3-4;3-1-2-4/h7-8H,6H2,1-5H3;4H,2-3H2,1H3;1-2H2. The van der Waals surface area contributed by atoms with Crippen LogP contribution in [-0.2, 0) is 0 Å². The lowest BCUT2D eigenvalue weighted by molar-refractivity contribution is 0.185. The summed E-state index contributed by atoms with van der Waals surface area (Å²) in [5, 5.41) is 7.88. The summed E-state index contributed by atoms with van der Waals surface area (Å²) in [7, 11) is 0. The van der Waals surface area contributed by atoms with Crippen molar-refractivity contribution < 1.29 is 5.11 Å². The zero-order valence-corrected chi connectivity index (χ0v) is 13.9. The minimum atomic E-state index is 0.319. The molecule has 1 N–H and O–H groups in total. The zero-order chi connectivity index (χ0) is 14.3. The summed E-state index contributed by atoms with van der Waals surface area (Å²) in [6.45, 7) is 14.6. The number of hydrogen-bond acceptors (Lipinski definition) is 2. The van der Waals surface area contributed by atoms with Crippen molar-refractivity contribution in [2.75, 3.05) is 24.9 Å². The van der Waals surface area contributed by atoms with E-state index in [0.717, 1.165) is 13.0 Å². The molecule has 2 nitrogen and oxygen atoms in total. The van der Waals surface area contributed by atoms with Crippen LogP contribution in [0.25, 0.3) is 0 Å². The van der Waals surface area contributed by atoms with E-state index in [1.54, 1.807) is 0 Å². The second-order valence-corrected chi connectivity index (χ2v) is 4.88. The summed E-state index contributed by atoms with van der Waals surface area (Å²) in [6.07, 6.45) is 0.875. The summed E-state index contributed by atoms with van der Waals surface area (Å²) < 4.78 is 0. The molecule has 0 aliphatic heterocycles. The van der Waals surface area contributed by atoms with Gasteiger partial charge in [0.15, 0.2) is 0 Å². The van der Waals surface area contributed by atoms with Crippen molar-refractivity contribution in [3.05, 3.63) is 0 Å².